The van der Waals surface area contributed by atoms with Crippen molar-refractivity contribution in [1.29, 1.82) is 0 Å². The van der Waals surface area contributed by atoms with Gasteiger partial charge in [-0.1, -0.05) is 129 Å². The SMILES string of the molecule is CCCCCCCCCCCCNC(=O)C(CO)NC(=O)C(N)CSCCSCC(N)C(=O)NC(CO)C(=O)NCCCCCCCCCCCC.Cl.Cl. The van der Waals surface area contributed by atoms with Crippen molar-refractivity contribution in [2.75, 3.05) is 49.3 Å². The molecule has 0 aliphatic heterocycles. The molecule has 16 heteroatoms. The average molecular weight is 850 g/mol. The number of hydrogen-bond acceptors (Lipinski definition) is 10. The Kier molecular flexibility index (Phi) is 44.2. The largest absolute Gasteiger partial charge is 0.394 e. The normalized spacial score (nSPS) is 13.1. The van der Waals surface area contributed by atoms with Crippen molar-refractivity contribution in [3.8, 4) is 0 Å². The van der Waals surface area contributed by atoms with Crippen LogP contribution in [-0.2, 0) is 19.2 Å². The molecule has 0 rings (SSSR count). The Balaban J connectivity index is -0.0000130. The molecule has 0 aromatic rings. The molecule has 0 saturated heterocycles. The molecular weight excluding hydrogens is 771 g/mol. The van der Waals surface area contributed by atoms with Gasteiger partial charge >= 0.3 is 0 Å². The maximum absolute atomic E-state index is 12.5. The fourth-order valence-corrected chi connectivity index (χ4v) is 7.62. The van der Waals surface area contributed by atoms with Crippen LogP contribution in [0.1, 0.15) is 142 Å². The van der Waals surface area contributed by atoms with Crippen molar-refractivity contribution in [3.05, 3.63) is 0 Å². The van der Waals surface area contributed by atoms with Gasteiger partial charge < -0.3 is 42.9 Å². The molecule has 0 aliphatic rings. The Morgan fingerprint density at radius 1 is 0.481 bits per heavy atom. The summed E-state index contributed by atoms with van der Waals surface area (Å²) in [5, 5.41) is 30.0. The zero-order valence-electron chi connectivity index (χ0n) is 33.4. The van der Waals surface area contributed by atoms with E-state index in [2.05, 4.69) is 35.1 Å². The molecular formula is C38H78Cl2N6O6S2. The van der Waals surface area contributed by atoms with Gasteiger partial charge in [0.2, 0.25) is 23.6 Å². The molecule has 54 heavy (non-hydrogen) atoms. The first-order valence-corrected chi connectivity index (χ1v) is 22.6. The van der Waals surface area contributed by atoms with Crippen molar-refractivity contribution in [2.24, 2.45) is 11.5 Å². The third-order valence-corrected chi connectivity index (χ3v) is 11.4. The lowest BCUT2D eigenvalue weighted by Crippen LogP contribution is -2.54. The fourth-order valence-electron chi connectivity index (χ4n) is 5.53. The van der Waals surface area contributed by atoms with Gasteiger partial charge in [0.1, 0.15) is 12.1 Å². The van der Waals surface area contributed by atoms with Gasteiger partial charge in [-0.15, -0.1) is 24.8 Å². The third kappa shape index (κ3) is 33.2. The number of amides is 4. The van der Waals surface area contributed by atoms with E-state index in [1.165, 1.54) is 113 Å². The molecule has 0 saturated carbocycles. The van der Waals surface area contributed by atoms with E-state index >= 15 is 0 Å². The van der Waals surface area contributed by atoms with Crippen LogP contribution in [0.25, 0.3) is 0 Å². The molecule has 0 bridgehead atoms. The van der Waals surface area contributed by atoms with Crippen molar-refractivity contribution in [3.63, 3.8) is 0 Å². The van der Waals surface area contributed by atoms with Gasteiger partial charge in [0.25, 0.3) is 0 Å². The van der Waals surface area contributed by atoms with Gasteiger partial charge in [-0.3, -0.25) is 19.2 Å². The quantitative estimate of drug-likeness (QED) is 0.0394. The van der Waals surface area contributed by atoms with Gasteiger partial charge in [-0.25, -0.2) is 0 Å². The minimum Gasteiger partial charge on any atom is -0.394 e. The summed E-state index contributed by atoms with van der Waals surface area (Å²) in [6.45, 7) is 4.43. The molecule has 10 N–H and O–H groups in total. The number of thioether (sulfide) groups is 2. The summed E-state index contributed by atoms with van der Waals surface area (Å²) in [5.74, 6) is 0.119. The molecule has 0 radical (unpaired) electrons. The topological polar surface area (TPSA) is 209 Å². The van der Waals surface area contributed by atoms with E-state index in [1.54, 1.807) is 0 Å². The molecule has 4 amide bonds. The zero-order chi connectivity index (χ0) is 38.7. The van der Waals surface area contributed by atoms with E-state index < -0.39 is 61.0 Å². The van der Waals surface area contributed by atoms with Crippen molar-refractivity contribution >= 4 is 72.0 Å². The van der Waals surface area contributed by atoms with E-state index in [0.717, 1.165) is 38.5 Å². The highest BCUT2D eigenvalue weighted by atomic mass is 35.5. The summed E-state index contributed by atoms with van der Waals surface area (Å²) < 4.78 is 0. The highest BCUT2D eigenvalue weighted by molar-refractivity contribution is 8.03. The number of unbranched alkanes of at least 4 members (excludes halogenated alkanes) is 18. The first-order chi connectivity index (χ1) is 25.2. The number of hydrogen-bond donors (Lipinski definition) is 8. The average Bonchev–Trinajstić information content (AvgIpc) is 3.14. The maximum Gasteiger partial charge on any atom is 0.244 e. The molecule has 0 aliphatic carbocycles. The van der Waals surface area contributed by atoms with Crippen LogP contribution in [0.4, 0.5) is 0 Å². The molecule has 4 unspecified atom stereocenters. The Morgan fingerprint density at radius 3 is 1.04 bits per heavy atom. The Bertz CT molecular complexity index is 848. The van der Waals surface area contributed by atoms with E-state index in [4.69, 9.17) is 11.5 Å². The monoisotopic (exact) mass is 848 g/mol. The van der Waals surface area contributed by atoms with Crippen LogP contribution in [0.2, 0.25) is 0 Å². The minimum absolute atomic E-state index is 0. The Morgan fingerprint density at radius 2 is 0.759 bits per heavy atom. The van der Waals surface area contributed by atoms with Crippen LogP contribution in [0.3, 0.4) is 0 Å². The van der Waals surface area contributed by atoms with Crippen molar-refractivity contribution < 1.29 is 29.4 Å². The second kappa shape index (κ2) is 41.6. The van der Waals surface area contributed by atoms with E-state index in [1.807, 2.05) is 0 Å². The Hall–Kier alpha value is -1.00. The lowest BCUT2D eigenvalue weighted by molar-refractivity contribution is -0.130. The number of halogens is 2. The minimum atomic E-state index is -1.05. The third-order valence-electron chi connectivity index (χ3n) is 8.93. The summed E-state index contributed by atoms with van der Waals surface area (Å²) in [4.78, 5) is 49.9. The lowest BCUT2D eigenvalue weighted by atomic mass is 10.1. The number of nitrogens with two attached hydrogens (primary N) is 2. The van der Waals surface area contributed by atoms with Crippen LogP contribution in [0.5, 0.6) is 0 Å². The lowest BCUT2D eigenvalue weighted by Gasteiger charge is -2.19. The Labute approximate surface area is 348 Å². The predicted octanol–water partition coefficient (Wildman–Crippen LogP) is 4.98. The van der Waals surface area contributed by atoms with E-state index in [9.17, 15) is 29.4 Å². The molecule has 12 nitrogen and oxygen atoms in total. The zero-order valence-corrected chi connectivity index (χ0v) is 36.7. The molecule has 0 heterocycles. The van der Waals surface area contributed by atoms with Gasteiger partial charge in [0, 0.05) is 36.1 Å². The summed E-state index contributed by atoms with van der Waals surface area (Å²) in [6, 6.07) is -3.79. The van der Waals surface area contributed by atoms with Crippen LogP contribution in [-0.4, -0.2) is 107 Å². The second-order valence-electron chi connectivity index (χ2n) is 13.8. The van der Waals surface area contributed by atoms with Crippen molar-refractivity contribution in [2.45, 2.75) is 166 Å². The van der Waals surface area contributed by atoms with E-state index in [-0.39, 0.29) is 24.8 Å². The number of nitrogens with one attached hydrogen (secondary N) is 4. The van der Waals surface area contributed by atoms with Gasteiger partial charge in [0.05, 0.1) is 25.3 Å². The first kappa shape index (κ1) is 57.3. The van der Waals surface area contributed by atoms with Crippen LogP contribution < -0.4 is 32.7 Å². The maximum atomic E-state index is 12.5. The van der Waals surface area contributed by atoms with Gasteiger partial charge in [0.15, 0.2) is 0 Å². The molecule has 322 valence electrons. The number of aliphatic hydroxyl groups is 2. The summed E-state index contributed by atoms with van der Waals surface area (Å²) in [7, 11) is 0. The fraction of sp³-hybridized carbons (Fsp3) is 0.895. The first-order valence-electron chi connectivity index (χ1n) is 20.3. The molecule has 4 atom stereocenters. The number of carbonyl (C=O) groups excluding carboxylic acids is 4. The van der Waals surface area contributed by atoms with Gasteiger partial charge in [-0.05, 0) is 12.8 Å². The van der Waals surface area contributed by atoms with Crippen LogP contribution in [0, 0.1) is 0 Å². The molecule has 0 aromatic carbocycles. The van der Waals surface area contributed by atoms with Crippen molar-refractivity contribution in [1.82, 2.24) is 21.3 Å². The summed E-state index contributed by atoms with van der Waals surface area (Å²) in [5.41, 5.74) is 12.0. The number of rotatable bonds is 37. The predicted molar refractivity (Wildman–Crippen MR) is 233 cm³/mol. The van der Waals surface area contributed by atoms with Crippen LogP contribution >= 0.6 is 48.3 Å². The van der Waals surface area contributed by atoms with Gasteiger partial charge in [-0.2, -0.15) is 23.5 Å². The summed E-state index contributed by atoms with van der Waals surface area (Å²) >= 11 is 2.92. The molecule has 0 spiro atoms. The highest BCUT2D eigenvalue weighted by Gasteiger charge is 2.24. The second-order valence-corrected chi connectivity index (χ2v) is 16.1. The molecule has 0 fully saturated rings. The molecule has 0 aromatic heterocycles. The summed E-state index contributed by atoms with van der Waals surface area (Å²) in [6.07, 6.45) is 24.0. The highest BCUT2D eigenvalue weighted by Crippen LogP contribution is 2.12. The smallest absolute Gasteiger partial charge is 0.244 e. The number of carbonyl (C=O) groups is 4. The number of aliphatic hydroxyl groups excluding tert-OH is 2. The standard InChI is InChI=1S/C38H76N6O6S2.2ClH/c1-3-5-7-9-11-13-15-17-19-21-23-41-37(49)33(27-45)43-35(47)31(39)29-51-25-26-52-30-32(40)36(48)44-34(28-46)38(50)42-24-22-20-18-16-14-12-10-8-6-4-2;;/h31-34,45-46H,3-30,39-40H2,1-2H3,(H,41,49)(H,42,50)(H,43,47)(H,44,48);2*1H. The van der Waals surface area contributed by atoms with Crippen LogP contribution in [0.15, 0.2) is 0 Å². The van der Waals surface area contributed by atoms with E-state index in [0.29, 0.717) is 36.1 Å².